The van der Waals surface area contributed by atoms with Crippen molar-refractivity contribution in [2.75, 3.05) is 26.3 Å². The normalized spacial score (nSPS) is 17.9. The Morgan fingerprint density at radius 2 is 2.16 bits per heavy atom. The van der Waals surface area contributed by atoms with Gasteiger partial charge in [-0.25, -0.2) is 0 Å². The van der Waals surface area contributed by atoms with E-state index in [1.807, 2.05) is 42.3 Å². The summed E-state index contributed by atoms with van der Waals surface area (Å²) < 4.78 is 11.7. The van der Waals surface area contributed by atoms with Gasteiger partial charge >= 0.3 is 0 Å². The molecule has 1 aliphatic carbocycles. The highest BCUT2D eigenvalue weighted by Gasteiger charge is 2.31. The summed E-state index contributed by atoms with van der Waals surface area (Å²) in [5.74, 6) is 0.899. The molecule has 2 aliphatic rings. The van der Waals surface area contributed by atoms with Crippen LogP contribution in [0.25, 0.3) is 0 Å². The van der Waals surface area contributed by atoms with Crippen molar-refractivity contribution in [3.63, 3.8) is 0 Å². The fourth-order valence-corrected chi connectivity index (χ4v) is 4.56. The van der Waals surface area contributed by atoms with Crippen molar-refractivity contribution in [2.24, 2.45) is 0 Å². The van der Waals surface area contributed by atoms with E-state index >= 15 is 0 Å². The van der Waals surface area contributed by atoms with Gasteiger partial charge in [-0.3, -0.25) is 14.9 Å². The van der Waals surface area contributed by atoms with Gasteiger partial charge < -0.3 is 14.4 Å². The number of benzene rings is 1. The summed E-state index contributed by atoms with van der Waals surface area (Å²) in [5, 5.41) is 7.34. The van der Waals surface area contributed by atoms with Crippen LogP contribution in [0, 0.1) is 0 Å². The molecule has 2 aromatic heterocycles. The van der Waals surface area contributed by atoms with Gasteiger partial charge in [-0.1, -0.05) is 24.3 Å². The number of rotatable bonds is 6. The molecule has 0 bridgehead atoms. The molecular formula is C25H28N4O3. The first-order chi connectivity index (χ1) is 15.7. The summed E-state index contributed by atoms with van der Waals surface area (Å²) in [6, 6.07) is 12.2. The fraction of sp³-hybridized carbons (Fsp3) is 0.400. The molecule has 1 unspecified atom stereocenters. The Morgan fingerprint density at radius 3 is 3.00 bits per heavy atom. The van der Waals surface area contributed by atoms with Crippen LogP contribution in [0.3, 0.4) is 0 Å². The van der Waals surface area contributed by atoms with Crippen LogP contribution < -0.4 is 4.74 Å². The van der Waals surface area contributed by atoms with E-state index in [2.05, 4.69) is 27.3 Å². The zero-order valence-electron chi connectivity index (χ0n) is 18.3. The Bertz CT molecular complexity index is 1090. The Balaban J connectivity index is 1.26. The molecule has 166 valence electrons. The van der Waals surface area contributed by atoms with Crippen LogP contribution >= 0.6 is 0 Å². The molecule has 1 aromatic carbocycles. The number of ether oxygens (including phenoxy) is 2. The monoisotopic (exact) mass is 432 g/mol. The molecule has 1 N–H and O–H groups in total. The van der Waals surface area contributed by atoms with E-state index in [1.165, 1.54) is 0 Å². The predicted molar refractivity (Wildman–Crippen MR) is 120 cm³/mol. The molecule has 0 saturated carbocycles. The fourth-order valence-electron chi connectivity index (χ4n) is 4.56. The van der Waals surface area contributed by atoms with Crippen molar-refractivity contribution in [1.29, 1.82) is 0 Å². The van der Waals surface area contributed by atoms with Crippen molar-refractivity contribution in [1.82, 2.24) is 20.1 Å². The molecule has 1 aliphatic heterocycles. The number of nitrogens with one attached hydrogen (secondary N) is 1. The molecule has 0 spiro atoms. The molecule has 32 heavy (non-hydrogen) atoms. The van der Waals surface area contributed by atoms with Crippen molar-refractivity contribution in [2.45, 2.75) is 38.7 Å². The third-order valence-corrected chi connectivity index (χ3v) is 6.21. The van der Waals surface area contributed by atoms with Gasteiger partial charge in [0.25, 0.3) is 5.91 Å². The standard InChI is InChI=1S/C25H28N4O3/c1-2-31-22-9-4-3-6-18(22)14-17-10-11-21(26-15-17)23-16-29(12-13-32-23)25(30)24-19-7-5-8-20(19)27-28-24/h3-4,6,9-11,15,23H,2,5,7-8,12-14,16H2,1H3,(H,27,28). The number of amides is 1. The van der Waals surface area contributed by atoms with Crippen LogP contribution in [-0.4, -0.2) is 52.3 Å². The summed E-state index contributed by atoms with van der Waals surface area (Å²) in [4.78, 5) is 19.6. The van der Waals surface area contributed by atoms with Gasteiger partial charge in [-0.15, -0.1) is 0 Å². The second-order valence-electron chi connectivity index (χ2n) is 8.30. The quantitative estimate of drug-likeness (QED) is 0.645. The lowest BCUT2D eigenvalue weighted by Crippen LogP contribution is -2.42. The highest BCUT2D eigenvalue weighted by molar-refractivity contribution is 5.94. The van der Waals surface area contributed by atoms with Crippen molar-refractivity contribution in [3.8, 4) is 5.75 Å². The molecular weight excluding hydrogens is 404 g/mol. The third kappa shape index (κ3) is 4.12. The molecule has 5 rings (SSSR count). The summed E-state index contributed by atoms with van der Waals surface area (Å²) in [6.07, 6.45) is 5.40. The number of hydrogen-bond acceptors (Lipinski definition) is 5. The van der Waals surface area contributed by atoms with Crippen LogP contribution in [0.5, 0.6) is 5.75 Å². The Kier molecular flexibility index (Phi) is 5.90. The maximum Gasteiger partial charge on any atom is 0.274 e. The molecule has 1 atom stereocenters. The highest BCUT2D eigenvalue weighted by atomic mass is 16.5. The van der Waals surface area contributed by atoms with E-state index in [4.69, 9.17) is 9.47 Å². The first-order valence-corrected chi connectivity index (χ1v) is 11.4. The zero-order chi connectivity index (χ0) is 21.9. The second kappa shape index (κ2) is 9.12. The van der Waals surface area contributed by atoms with Gasteiger partial charge in [0, 0.05) is 30.4 Å². The number of nitrogens with zero attached hydrogens (tertiary/aromatic N) is 3. The summed E-state index contributed by atoms with van der Waals surface area (Å²) in [7, 11) is 0. The second-order valence-corrected chi connectivity index (χ2v) is 8.30. The number of carbonyl (C=O) groups is 1. The lowest BCUT2D eigenvalue weighted by Gasteiger charge is -2.32. The number of para-hydroxylation sites is 1. The average Bonchev–Trinajstić information content (AvgIpc) is 3.45. The number of pyridine rings is 1. The topological polar surface area (TPSA) is 80.3 Å². The summed E-state index contributed by atoms with van der Waals surface area (Å²) >= 11 is 0. The molecule has 1 amide bonds. The van der Waals surface area contributed by atoms with Gasteiger partial charge in [0.1, 0.15) is 11.9 Å². The van der Waals surface area contributed by atoms with Gasteiger partial charge in [0.15, 0.2) is 5.69 Å². The van der Waals surface area contributed by atoms with E-state index in [1.54, 1.807) is 0 Å². The molecule has 7 nitrogen and oxygen atoms in total. The van der Waals surface area contributed by atoms with E-state index in [9.17, 15) is 4.79 Å². The number of hydrogen-bond donors (Lipinski definition) is 1. The minimum atomic E-state index is -0.232. The van der Waals surface area contributed by atoms with Crippen molar-refractivity contribution < 1.29 is 14.3 Å². The Labute approximate surface area is 187 Å². The molecule has 7 heteroatoms. The van der Waals surface area contributed by atoms with Gasteiger partial charge in [0.2, 0.25) is 0 Å². The Hall–Kier alpha value is -3.19. The zero-order valence-corrected chi connectivity index (χ0v) is 18.3. The molecule has 1 fully saturated rings. The summed E-state index contributed by atoms with van der Waals surface area (Å²) in [6.45, 7) is 4.19. The summed E-state index contributed by atoms with van der Waals surface area (Å²) in [5.41, 5.74) is 5.87. The van der Waals surface area contributed by atoms with Crippen LogP contribution in [0.15, 0.2) is 42.6 Å². The molecule has 3 heterocycles. The molecule has 3 aromatic rings. The van der Waals surface area contributed by atoms with Crippen molar-refractivity contribution >= 4 is 5.91 Å². The van der Waals surface area contributed by atoms with E-state index in [0.717, 1.165) is 59.5 Å². The lowest BCUT2D eigenvalue weighted by atomic mass is 10.0. The predicted octanol–water partition coefficient (Wildman–Crippen LogP) is 3.50. The minimum Gasteiger partial charge on any atom is -0.494 e. The van der Waals surface area contributed by atoms with Crippen LogP contribution in [0.1, 0.15) is 58.0 Å². The minimum absolute atomic E-state index is 0.0122. The van der Waals surface area contributed by atoms with E-state index in [0.29, 0.717) is 32.0 Å². The van der Waals surface area contributed by atoms with Crippen LogP contribution in [0.2, 0.25) is 0 Å². The smallest absolute Gasteiger partial charge is 0.274 e. The number of aromatic amines is 1. The van der Waals surface area contributed by atoms with Crippen LogP contribution in [0.4, 0.5) is 0 Å². The number of morpholine rings is 1. The largest absolute Gasteiger partial charge is 0.494 e. The van der Waals surface area contributed by atoms with E-state index < -0.39 is 0 Å². The lowest BCUT2D eigenvalue weighted by molar-refractivity contribution is -0.0249. The van der Waals surface area contributed by atoms with Crippen LogP contribution in [-0.2, 0) is 24.0 Å². The molecule has 0 radical (unpaired) electrons. The van der Waals surface area contributed by atoms with Gasteiger partial charge in [-0.05, 0) is 49.4 Å². The SMILES string of the molecule is CCOc1ccccc1Cc1ccc(C2CN(C(=O)c3n[nH]c4c3CCC4)CCO2)nc1. The maximum atomic E-state index is 13.1. The van der Waals surface area contributed by atoms with Gasteiger partial charge in [0.05, 0.1) is 25.5 Å². The molecule has 1 saturated heterocycles. The van der Waals surface area contributed by atoms with E-state index in [-0.39, 0.29) is 12.0 Å². The first kappa shape index (κ1) is 20.7. The Morgan fingerprint density at radius 1 is 1.25 bits per heavy atom. The van der Waals surface area contributed by atoms with Crippen molar-refractivity contribution in [3.05, 3.63) is 76.4 Å². The van der Waals surface area contributed by atoms with Gasteiger partial charge in [-0.2, -0.15) is 5.10 Å². The third-order valence-electron chi connectivity index (χ3n) is 6.21. The number of aromatic nitrogens is 3. The number of aryl methyl sites for hydroxylation is 1. The number of fused-ring (bicyclic) bond motifs is 1. The first-order valence-electron chi connectivity index (χ1n) is 11.4. The highest BCUT2D eigenvalue weighted by Crippen LogP contribution is 2.27. The average molecular weight is 433 g/mol. The maximum absolute atomic E-state index is 13.1. The number of H-pyrrole nitrogens is 1. The number of carbonyl (C=O) groups excluding carboxylic acids is 1.